The predicted molar refractivity (Wildman–Crippen MR) is 62.4 cm³/mol. The van der Waals surface area contributed by atoms with Crippen molar-refractivity contribution in [2.75, 3.05) is 19.0 Å². The van der Waals surface area contributed by atoms with Crippen molar-refractivity contribution in [1.29, 1.82) is 5.26 Å². The van der Waals surface area contributed by atoms with Gasteiger partial charge in [-0.2, -0.15) is 5.26 Å². The molecule has 0 spiro atoms. The summed E-state index contributed by atoms with van der Waals surface area (Å²) in [6, 6.07) is 6.33. The molecule has 0 aliphatic carbocycles. The zero-order valence-electron chi connectivity index (χ0n) is 9.73. The van der Waals surface area contributed by atoms with Gasteiger partial charge in [0.2, 0.25) is 0 Å². The third-order valence-corrected chi connectivity index (χ3v) is 2.36. The summed E-state index contributed by atoms with van der Waals surface area (Å²) in [5.74, 6) is -0.533. The molecule has 0 saturated carbocycles. The minimum atomic E-state index is -0.799. The van der Waals surface area contributed by atoms with E-state index in [1.807, 2.05) is 0 Å². The number of benzene rings is 1. The van der Waals surface area contributed by atoms with Crippen LogP contribution in [-0.2, 0) is 9.53 Å². The molecule has 90 valence electrons. The van der Waals surface area contributed by atoms with Crippen molar-refractivity contribution in [3.63, 3.8) is 0 Å². The van der Waals surface area contributed by atoms with Crippen LogP contribution in [-0.4, -0.2) is 30.8 Å². The molecule has 0 fully saturated rings. The summed E-state index contributed by atoms with van der Waals surface area (Å²) in [6.45, 7) is 1.45. The molecule has 5 nitrogen and oxygen atoms in total. The topological polar surface area (TPSA) is 82.3 Å². The lowest BCUT2D eigenvalue weighted by atomic mass is 10.1. The highest BCUT2D eigenvalue weighted by Crippen LogP contribution is 2.15. The first-order valence-corrected chi connectivity index (χ1v) is 5.08. The van der Waals surface area contributed by atoms with Gasteiger partial charge in [-0.15, -0.1) is 0 Å². The van der Waals surface area contributed by atoms with Gasteiger partial charge in [0.15, 0.2) is 0 Å². The second-order valence-corrected chi connectivity index (χ2v) is 3.54. The van der Waals surface area contributed by atoms with Gasteiger partial charge in [-0.3, -0.25) is 0 Å². The van der Waals surface area contributed by atoms with Crippen LogP contribution in [0.1, 0.15) is 11.1 Å². The minimum absolute atomic E-state index is 0.355. The number of aliphatic hydroxyl groups is 1. The molecule has 1 unspecified atom stereocenters. The van der Waals surface area contributed by atoms with Gasteiger partial charge in [-0.25, -0.2) is 4.79 Å². The number of carbonyl (C=O) groups excluding carboxylic acids is 1. The summed E-state index contributed by atoms with van der Waals surface area (Å²) in [5, 5.41) is 20.7. The number of hydrogen-bond acceptors (Lipinski definition) is 5. The summed E-state index contributed by atoms with van der Waals surface area (Å²) in [5.41, 5.74) is 2.04. The molecule has 2 N–H and O–H groups in total. The number of ether oxygens (including phenoxy) is 1. The van der Waals surface area contributed by atoms with Crippen LogP contribution in [0.5, 0.6) is 0 Å². The molecule has 0 bridgehead atoms. The van der Waals surface area contributed by atoms with Crippen molar-refractivity contribution in [1.82, 2.24) is 0 Å². The third kappa shape index (κ3) is 3.20. The predicted octanol–water partition coefficient (Wildman–Crippen LogP) is 0.812. The van der Waals surface area contributed by atoms with Gasteiger partial charge in [0.25, 0.3) is 0 Å². The molecule has 1 aromatic rings. The van der Waals surface area contributed by atoms with Crippen LogP contribution >= 0.6 is 0 Å². The number of aliphatic hydroxyl groups excluding tert-OH is 1. The summed E-state index contributed by atoms with van der Waals surface area (Å²) >= 11 is 0. The number of hydrogen-bond donors (Lipinski definition) is 2. The molecular formula is C12H14N2O3. The number of esters is 1. The van der Waals surface area contributed by atoms with Crippen molar-refractivity contribution in [3.05, 3.63) is 29.3 Å². The molecule has 0 amide bonds. The number of rotatable bonds is 4. The Hall–Kier alpha value is -2.06. The normalized spacial score (nSPS) is 11.4. The first kappa shape index (κ1) is 13.0. The zero-order valence-corrected chi connectivity index (χ0v) is 9.73. The molecule has 0 aliphatic heterocycles. The van der Waals surface area contributed by atoms with Crippen LogP contribution in [0.4, 0.5) is 5.69 Å². The standard InChI is InChI=1S/C12H14N2O3/c1-8-5-10(4-3-9(8)6-13)14-11(7-15)12(16)17-2/h3-5,11,14-15H,7H2,1-2H3. The van der Waals surface area contributed by atoms with Crippen molar-refractivity contribution in [2.24, 2.45) is 0 Å². The minimum Gasteiger partial charge on any atom is -0.467 e. The molecular weight excluding hydrogens is 220 g/mol. The maximum absolute atomic E-state index is 11.3. The largest absolute Gasteiger partial charge is 0.467 e. The number of aryl methyl sites for hydroxylation is 1. The van der Waals surface area contributed by atoms with Gasteiger partial charge in [0.05, 0.1) is 25.3 Å². The fourth-order valence-electron chi connectivity index (χ4n) is 1.40. The van der Waals surface area contributed by atoms with Gasteiger partial charge >= 0.3 is 5.97 Å². The average Bonchev–Trinajstić information content (AvgIpc) is 2.35. The van der Waals surface area contributed by atoms with Crippen LogP contribution in [0.3, 0.4) is 0 Å². The summed E-state index contributed by atoms with van der Waals surface area (Å²) < 4.78 is 4.54. The van der Waals surface area contributed by atoms with Gasteiger partial charge in [0, 0.05) is 5.69 Å². The first-order valence-electron chi connectivity index (χ1n) is 5.08. The lowest BCUT2D eigenvalue weighted by molar-refractivity contribution is -0.142. The Balaban J connectivity index is 2.85. The lowest BCUT2D eigenvalue weighted by Gasteiger charge is -2.15. The maximum atomic E-state index is 11.3. The van der Waals surface area contributed by atoms with E-state index in [-0.39, 0.29) is 6.61 Å². The number of nitriles is 1. The van der Waals surface area contributed by atoms with E-state index in [1.54, 1.807) is 25.1 Å². The highest BCUT2D eigenvalue weighted by Gasteiger charge is 2.17. The SMILES string of the molecule is COC(=O)C(CO)Nc1ccc(C#N)c(C)c1. The molecule has 1 rings (SSSR count). The number of anilines is 1. The van der Waals surface area contributed by atoms with Crippen LogP contribution in [0, 0.1) is 18.3 Å². The molecule has 5 heteroatoms. The Bertz CT molecular complexity index is 452. The van der Waals surface area contributed by atoms with Crippen LogP contribution in [0.2, 0.25) is 0 Å². The van der Waals surface area contributed by atoms with E-state index in [2.05, 4.69) is 16.1 Å². The molecule has 0 heterocycles. The summed E-state index contributed by atoms with van der Waals surface area (Å²) in [7, 11) is 1.26. The van der Waals surface area contributed by atoms with Gasteiger partial charge in [-0.1, -0.05) is 0 Å². The van der Waals surface area contributed by atoms with E-state index in [0.717, 1.165) is 5.56 Å². The maximum Gasteiger partial charge on any atom is 0.330 e. The summed E-state index contributed by atoms with van der Waals surface area (Å²) in [6.07, 6.45) is 0. The molecule has 1 atom stereocenters. The fraction of sp³-hybridized carbons (Fsp3) is 0.333. The van der Waals surface area contributed by atoms with Crippen LogP contribution < -0.4 is 5.32 Å². The molecule has 0 saturated heterocycles. The van der Waals surface area contributed by atoms with Gasteiger partial charge < -0.3 is 15.2 Å². The highest BCUT2D eigenvalue weighted by molar-refractivity contribution is 5.79. The Morgan fingerprint density at radius 2 is 2.35 bits per heavy atom. The quantitative estimate of drug-likeness (QED) is 0.753. The van der Waals surface area contributed by atoms with Crippen molar-refractivity contribution < 1.29 is 14.6 Å². The second kappa shape index (κ2) is 5.87. The summed E-state index contributed by atoms with van der Waals surface area (Å²) in [4.78, 5) is 11.3. The van der Waals surface area contributed by atoms with E-state index in [1.165, 1.54) is 7.11 Å². The van der Waals surface area contributed by atoms with E-state index < -0.39 is 12.0 Å². The van der Waals surface area contributed by atoms with Crippen LogP contribution in [0.15, 0.2) is 18.2 Å². The lowest BCUT2D eigenvalue weighted by Crippen LogP contribution is -2.34. The Kier molecular flexibility index (Phi) is 4.49. The van der Waals surface area contributed by atoms with Crippen molar-refractivity contribution in [2.45, 2.75) is 13.0 Å². The number of nitrogens with zero attached hydrogens (tertiary/aromatic N) is 1. The van der Waals surface area contributed by atoms with E-state index >= 15 is 0 Å². The number of nitrogens with one attached hydrogen (secondary N) is 1. The molecule has 0 aliphatic rings. The highest BCUT2D eigenvalue weighted by atomic mass is 16.5. The second-order valence-electron chi connectivity index (χ2n) is 3.54. The smallest absolute Gasteiger partial charge is 0.330 e. The molecule has 0 radical (unpaired) electrons. The number of methoxy groups -OCH3 is 1. The van der Waals surface area contributed by atoms with Crippen molar-refractivity contribution in [3.8, 4) is 6.07 Å². The fourth-order valence-corrected chi connectivity index (χ4v) is 1.40. The van der Waals surface area contributed by atoms with E-state index in [4.69, 9.17) is 10.4 Å². The third-order valence-electron chi connectivity index (χ3n) is 2.36. The van der Waals surface area contributed by atoms with E-state index in [9.17, 15) is 4.79 Å². The number of carbonyl (C=O) groups is 1. The monoisotopic (exact) mass is 234 g/mol. The van der Waals surface area contributed by atoms with Gasteiger partial charge in [0.1, 0.15) is 6.04 Å². The molecule has 17 heavy (non-hydrogen) atoms. The Labute approximate surface area is 99.6 Å². The van der Waals surface area contributed by atoms with Crippen LogP contribution in [0.25, 0.3) is 0 Å². The average molecular weight is 234 g/mol. The van der Waals surface area contributed by atoms with Gasteiger partial charge in [-0.05, 0) is 30.7 Å². The van der Waals surface area contributed by atoms with E-state index in [0.29, 0.717) is 11.3 Å². The first-order chi connectivity index (χ1) is 8.12. The molecule has 1 aromatic carbocycles. The molecule has 0 aromatic heterocycles. The Morgan fingerprint density at radius 1 is 1.65 bits per heavy atom. The zero-order chi connectivity index (χ0) is 12.8. The Morgan fingerprint density at radius 3 is 2.82 bits per heavy atom. The van der Waals surface area contributed by atoms with Crippen molar-refractivity contribution >= 4 is 11.7 Å².